The van der Waals surface area contributed by atoms with Gasteiger partial charge in [0, 0.05) is 58.8 Å². The third-order valence-corrected chi connectivity index (χ3v) is 9.14. The number of hydrogen-bond acceptors (Lipinski definition) is 8. The maximum atomic E-state index is 13.9. The minimum Gasteiger partial charge on any atom is -0.375 e. The molecular weight excluding hydrogens is 519 g/mol. The lowest BCUT2D eigenvalue weighted by Gasteiger charge is -2.34. The van der Waals surface area contributed by atoms with Gasteiger partial charge in [0.05, 0.1) is 23.8 Å². The number of thioether (sulfide) groups is 1. The van der Waals surface area contributed by atoms with Crippen LogP contribution in [0.25, 0.3) is 10.6 Å². The number of nitrogens with zero attached hydrogens (tertiary/aromatic N) is 3. The molecule has 0 radical (unpaired) electrons. The number of anilines is 3. The summed E-state index contributed by atoms with van der Waals surface area (Å²) in [6.45, 7) is 6.05. The highest BCUT2D eigenvalue weighted by atomic mass is 32.2. The molecule has 6 nitrogen and oxygen atoms in total. The quantitative estimate of drug-likeness (QED) is 0.391. The smallest absolute Gasteiger partial charge is 0.375 e. The van der Waals surface area contributed by atoms with Crippen LogP contribution >= 0.6 is 23.1 Å². The second-order valence-electron chi connectivity index (χ2n) is 9.72. The van der Waals surface area contributed by atoms with Crippen LogP contribution in [0.1, 0.15) is 41.7 Å². The van der Waals surface area contributed by atoms with Crippen molar-refractivity contribution in [3.63, 3.8) is 0 Å². The number of benzene rings is 1. The SMILES string of the molecule is CC1CN(c2ccc(Nc3ncc(C(F)(F)F)c(-c4cc5c(s4)COCCS5)n3)c(C3CC3)c2)CCN1. The molecule has 4 heterocycles. The Bertz CT molecular complexity index is 1270. The third-order valence-electron chi connectivity index (χ3n) is 6.85. The lowest BCUT2D eigenvalue weighted by molar-refractivity contribution is -0.137. The third kappa shape index (κ3) is 5.45. The molecule has 37 heavy (non-hydrogen) atoms. The zero-order valence-electron chi connectivity index (χ0n) is 20.4. The van der Waals surface area contributed by atoms with E-state index in [1.165, 1.54) is 22.6 Å². The second-order valence-corrected chi connectivity index (χ2v) is 12.0. The Labute approximate surface area is 222 Å². The Kier molecular flexibility index (Phi) is 6.81. The van der Waals surface area contributed by atoms with E-state index >= 15 is 0 Å². The highest BCUT2D eigenvalue weighted by Crippen LogP contribution is 2.46. The number of ether oxygens (including phenoxy) is 1. The molecule has 3 aromatic rings. The number of rotatable bonds is 5. The zero-order valence-corrected chi connectivity index (χ0v) is 22.0. The van der Waals surface area contributed by atoms with Crippen LogP contribution in [0.3, 0.4) is 0 Å². The first kappa shape index (κ1) is 25.0. The van der Waals surface area contributed by atoms with Crippen molar-refractivity contribution in [1.82, 2.24) is 15.3 Å². The monoisotopic (exact) mass is 547 g/mol. The van der Waals surface area contributed by atoms with Crippen LogP contribution in [0.2, 0.25) is 0 Å². The summed E-state index contributed by atoms with van der Waals surface area (Å²) >= 11 is 2.92. The highest BCUT2D eigenvalue weighted by molar-refractivity contribution is 7.99. The molecule has 2 N–H and O–H groups in total. The standard InChI is InChI=1S/C26H28F3N5OS2/c1-15-13-34(7-6-30-15)17-4-5-20(18(10-17)16-2-3-16)32-25-31-12-19(26(27,28)29)24(33-25)22-11-21-23(37-22)14-35-8-9-36-21/h4-5,10-12,15-16,30H,2-3,6-9,13-14H2,1H3,(H,31,32,33). The molecule has 0 spiro atoms. The molecule has 2 aliphatic heterocycles. The molecular formula is C26H28F3N5OS2. The van der Waals surface area contributed by atoms with Crippen molar-refractivity contribution in [2.24, 2.45) is 0 Å². The van der Waals surface area contributed by atoms with Gasteiger partial charge in [0.25, 0.3) is 0 Å². The maximum Gasteiger partial charge on any atom is 0.420 e. The van der Waals surface area contributed by atoms with Crippen molar-refractivity contribution in [2.45, 2.75) is 49.4 Å². The van der Waals surface area contributed by atoms with Gasteiger partial charge in [-0.2, -0.15) is 13.2 Å². The van der Waals surface area contributed by atoms with Crippen molar-refractivity contribution < 1.29 is 17.9 Å². The molecule has 2 aromatic heterocycles. The van der Waals surface area contributed by atoms with Gasteiger partial charge < -0.3 is 20.3 Å². The van der Waals surface area contributed by atoms with E-state index < -0.39 is 11.7 Å². The number of fused-ring (bicyclic) bond motifs is 1. The van der Waals surface area contributed by atoms with Crippen LogP contribution in [0.15, 0.2) is 35.4 Å². The number of nitrogens with one attached hydrogen (secondary N) is 2. The van der Waals surface area contributed by atoms with E-state index in [-0.39, 0.29) is 11.6 Å². The van der Waals surface area contributed by atoms with Crippen LogP contribution < -0.4 is 15.5 Å². The fourth-order valence-corrected chi connectivity index (χ4v) is 7.06. The Morgan fingerprint density at radius 2 is 2.08 bits per heavy atom. The second kappa shape index (κ2) is 10.1. The molecule has 1 aliphatic carbocycles. The molecule has 3 aliphatic rings. The van der Waals surface area contributed by atoms with Gasteiger partial charge in [-0.15, -0.1) is 23.1 Å². The number of halogens is 3. The Morgan fingerprint density at radius 1 is 1.22 bits per heavy atom. The average Bonchev–Trinajstić information content (AvgIpc) is 3.67. The molecule has 0 amide bonds. The van der Waals surface area contributed by atoms with Gasteiger partial charge >= 0.3 is 6.18 Å². The average molecular weight is 548 g/mol. The summed E-state index contributed by atoms with van der Waals surface area (Å²) in [6.07, 6.45) is -1.45. The number of thiophene rings is 1. The van der Waals surface area contributed by atoms with Crippen LogP contribution in [0, 0.1) is 0 Å². The Balaban J connectivity index is 1.33. The first-order valence-electron chi connectivity index (χ1n) is 12.5. The van der Waals surface area contributed by atoms with Gasteiger partial charge in [-0.1, -0.05) is 0 Å². The van der Waals surface area contributed by atoms with Crippen molar-refractivity contribution in [3.8, 4) is 10.6 Å². The van der Waals surface area contributed by atoms with Gasteiger partial charge in [-0.25, -0.2) is 9.97 Å². The number of alkyl halides is 3. The zero-order chi connectivity index (χ0) is 25.6. The predicted octanol–water partition coefficient (Wildman–Crippen LogP) is 6.27. The van der Waals surface area contributed by atoms with Crippen molar-refractivity contribution in [1.29, 1.82) is 0 Å². The topological polar surface area (TPSA) is 62.3 Å². The van der Waals surface area contributed by atoms with Crippen LogP contribution in [0.5, 0.6) is 0 Å². The summed E-state index contributed by atoms with van der Waals surface area (Å²) in [7, 11) is 0. The summed E-state index contributed by atoms with van der Waals surface area (Å²) in [6, 6.07) is 8.53. The molecule has 1 aromatic carbocycles. The van der Waals surface area contributed by atoms with E-state index in [9.17, 15) is 13.2 Å². The summed E-state index contributed by atoms with van der Waals surface area (Å²) in [4.78, 5) is 13.3. The van der Waals surface area contributed by atoms with E-state index in [1.54, 1.807) is 17.8 Å². The number of hydrogen-bond donors (Lipinski definition) is 2. The lowest BCUT2D eigenvalue weighted by atomic mass is 10.1. The highest BCUT2D eigenvalue weighted by Gasteiger charge is 2.36. The molecule has 0 bridgehead atoms. The molecule has 196 valence electrons. The van der Waals surface area contributed by atoms with Crippen molar-refractivity contribution in [2.75, 3.05) is 42.2 Å². The minimum atomic E-state index is -4.56. The summed E-state index contributed by atoms with van der Waals surface area (Å²) in [5.74, 6) is 1.39. The van der Waals surface area contributed by atoms with Crippen LogP contribution in [-0.4, -0.2) is 48.0 Å². The van der Waals surface area contributed by atoms with E-state index in [2.05, 4.69) is 44.6 Å². The predicted molar refractivity (Wildman–Crippen MR) is 142 cm³/mol. The van der Waals surface area contributed by atoms with E-state index in [1.807, 2.05) is 6.07 Å². The molecule has 11 heteroatoms. The van der Waals surface area contributed by atoms with E-state index in [0.29, 0.717) is 30.1 Å². The molecule has 6 rings (SSSR count). The van der Waals surface area contributed by atoms with Gasteiger partial charge in [0.15, 0.2) is 0 Å². The van der Waals surface area contributed by atoms with Gasteiger partial charge in [0.2, 0.25) is 5.95 Å². The van der Waals surface area contributed by atoms with E-state index in [0.717, 1.165) is 59.9 Å². The van der Waals surface area contributed by atoms with Crippen molar-refractivity contribution in [3.05, 3.63) is 46.5 Å². The molecule has 1 atom stereocenters. The van der Waals surface area contributed by atoms with Crippen LogP contribution in [-0.2, 0) is 17.5 Å². The molecule has 1 unspecified atom stereocenters. The summed E-state index contributed by atoms with van der Waals surface area (Å²) < 4.78 is 47.4. The number of aromatic nitrogens is 2. The normalized spacial score (nSPS) is 20.4. The Morgan fingerprint density at radius 3 is 2.86 bits per heavy atom. The Hall–Kier alpha value is -2.34. The van der Waals surface area contributed by atoms with Gasteiger partial charge in [-0.3, -0.25) is 0 Å². The summed E-state index contributed by atoms with van der Waals surface area (Å²) in [5, 5.41) is 6.72. The first-order chi connectivity index (χ1) is 17.8. The van der Waals surface area contributed by atoms with Gasteiger partial charge in [0.1, 0.15) is 5.56 Å². The molecule has 1 saturated carbocycles. The van der Waals surface area contributed by atoms with E-state index in [4.69, 9.17) is 4.74 Å². The lowest BCUT2D eigenvalue weighted by Crippen LogP contribution is -2.49. The molecule has 1 saturated heterocycles. The number of piperazine rings is 1. The molecule has 2 fully saturated rings. The fraction of sp³-hybridized carbons (Fsp3) is 0.462. The maximum absolute atomic E-state index is 13.9. The van der Waals surface area contributed by atoms with Gasteiger partial charge in [-0.05, 0) is 55.5 Å². The minimum absolute atomic E-state index is 0.0944. The largest absolute Gasteiger partial charge is 0.420 e. The fourth-order valence-electron chi connectivity index (χ4n) is 4.84. The van der Waals surface area contributed by atoms with Crippen molar-refractivity contribution >= 4 is 40.4 Å². The first-order valence-corrected chi connectivity index (χ1v) is 14.3. The van der Waals surface area contributed by atoms with Crippen LogP contribution in [0.4, 0.5) is 30.5 Å². The summed E-state index contributed by atoms with van der Waals surface area (Å²) in [5.41, 5.74) is 2.28.